The van der Waals surface area contributed by atoms with Gasteiger partial charge in [0.15, 0.2) is 0 Å². The highest BCUT2D eigenvalue weighted by Crippen LogP contribution is 2.18. The molecule has 3 N–H and O–H groups in total. The van der Waals surface area contributed by atoms with Gasteiger partial charge in [-0.2, -0.15) is 0 Å². The Morgan fingerprint density at radius 2 is 1.93 bits per heavy atom. The molecule has 5 nitrogen and oxygen atoms in total. The summed E-state index contributed by atoms with van der Waals surface area (Å²) >= 11 is 5.82. The minimum atomic E-state index is -0.690. The lowest BCUT2D eigenvalue weighted by atomic mass is 10.1. The molecule has 0 radical (unpaired) electrons. The highest BCUT2D eigenvalue weighted by Gasteiger charge is 2.08. The second-order valence-electron chi connectivity index (χ2n) is 6.72. The highest BCUT2D eigenvalue weighted by molar-refractivity contribution is 6.30. The molecule has 1 aromatic heterocycles. The number of ether oxygens (including phenoxy) is 1. The molecule has 0 bridgehead atoms. The van der Waals surface area contributed by atoms with E-state index in [4.69, 9.17) is 16.3 Å². The zero-order valence-corrected chi connectivity index (χ0v) is 16.1. The number of benzene rings is 2. The topological polar surface area (TPSA) is 74.4 Å². The molecule has 142 valence electrons. The molecular formula is C21H23ClN2O3. The summed E-state index contributed by atoms with van der Waals surface area (Å²) in [6.45, 7) is 4.86. The average molecular weight is 387 g/mol. The Hall–Kier alpha value is -2.34. The van der Waals surface area contributed by atoms with Gasteiger partial charge in [0.1, 0.15) is 18.5 Å². The molecule has 0 amide bonds. The fraction of sp³-hybridized carbons (Fsp3) is 0.286. The van der Waals surface area contributed by atoms with Gasteiger partial charge in [-0.15, -0.1) is 0 Å². The minimum absolute atomic E-state index is 0.117. The van der Waals surface area contributed by atoms with E-state index in [1.807, 2.05) is 26.0 Å². The van der Waals surface area contributed by atoms with Crippen molar-refractivity contribution in [3.8, 4) is 5.75 Å². The Labute approximate surface area is 163 Å². The van der Waals surface area contributed by atoms with E-state index in [0.29, 0.717) is 29.4 Å². The molecule has 6 heteroatoms. The number of aryl methyl sites for hydroxylation is 2. The number of aromatic nitrogens is 1. The first-order chi connectivity index (χ1) is 12.9. The first-order valence-electron chi connectivity index (χ1n) is 8.82. The molecule has 0 aliphatic heterocycles. The van der Waals surface area contributed by atoms with Crippen molar-refractivity contribution >= 4 is 22.5 Å². The first-order valence-corrected chi connectivity index (χ1v) is 9.20. The van der Waals surface area contributed by atoms with Crippen LogP contribution in [0.2, 0.25) is 5.02 Å². The molecule has 1 atom stereocenters. The molecule has 2 aromatic carbocycles. The van der Waals surface area contributed by atoms with E-state index >= 15 is 0 Å². The lowest BCUT2D eigenvalue weighted by Crippen LogP contribution is -2.32. The number of fused-ring (bicyclic) bond motifs is 1. The van der Waals surface area contributed by atoms with Crippen molar-refractivity contribution in [2.45, 2.75) is 26.5 Å². The molecular weight excluding hydrogens is 364 g/mol. The van der Waals surface area contributed by atoms with Crippen LogP contribution >= 0.6 is 11.6 Å². The van der Waals surface area contributed by atoms with Crippen molar-refractivity contribution < 1.29 is 9.84 Å². The Morgan fingerprint density at radius 3 is 2.67 bits per heavy atom. The van der Waals surface area contributed by atoms with Gasteiger partial charge in [-0.3, -0.25) is 4.79 Å². The molecule has 0 aliphatic carbocycles. The van der Waals surface area contributed by atoms with E-state index in [2.05, 4.69) is 16.4 Å². The molecule has 3 aromatic rings. The van der Waals surface area contributed by atoms with Crippen LogP contribution in [0.4, 0.5) is 0 Å². The minimum Gasteiger partial charge on any atom is -0.491 e. The van der Waals surface area contributed by atoms with Gasteiger partial charge in [-0.05, 0) is 61.2 Å². The van der Waals surface area contributed by atoms with Crippen LogP contribution in [0.25, 0.3) is 10.9 Å². The number of hydrogen-bond acceptors (Lipinski definition) is 4. The number of pyridine rings is 1. The maximum absolute atomic E-state index is 12.3. The maximum atomic E-state index is 12.3. The third-order valence-electron chi connectivity index (χ3n) is 4.32. The van der Waals surface area contributed by atoms with Crippen LogP contribution in [-0.2, 0) is 6.54 Å². The fourth-order valence-electron chi connectivity index (χ4n) is 3.02. The van der Waals surface area contributed by atoms with Gasteiger partial charge >= 0.3 is 0 Å². The van der Waals surface area contributed by atoms with Crippen LogP contribution in [0.1, 0.15) is 16.7 Å². The van der Waals surface area contributed by atoms with Crippen molar-refractivity contribution in [1.29, 1.82) is 0 Å². The summed E-state index contributed by atoms with van der Waals surface area (Å²) in [4.78, 5) is 15.2. The van der Waals surface area contributed by atoms with Crippen LogP contribution in [-0.4, -0.2) is 29.3 Å². The van der Waals surface area contributed by atoms with Crippen molar-refractivity contribution in [2.75, 3.05) is 13.2 Å². The van der Waals surface area contributed by atoms with Crippen molar-refractivity contribution in [1.82, 2.24) is 10.3 Å². The number of H-pyrrole nitrogens is 1. The van der Waals surface area contributed by atoms with Crippen LogP contribution in [0.5, 0.6) is 5.75 Å². The van der Waals surface area contributed by atoms with Crippen LogP contribution in [0.3, 0.4) is 0 Å². The summed E-state index contributed by atoms with van der Waals surface area (Å²) in [7, 11) is 0. The van der Waals surface area contributed by atoms with Crippen molar-refractivity contribution in [3.05, 3.63) is 74.5 Å². The Morgan fingerprint density at radius 1 is 1.19 bits per heavy atom. The van der Waals surface area contributed by atoms with Gasteiger partial charge < -0.3 is 20.1 Å². The molecule has 0 saturated heterocycles. The molecule has 3 rings (SSSR count). The summed E-state index contributed by atoms with van der Waals surface area (Å²) in [6, 6.07) is 13.0. The van der Waals surface area contributed by atoms with E-state index in [-0.39, 0.29) is 12.2 Å². The molecule has 0 saturated carbocycles. The van der Waals surface area contributed by atoms with Crippen LogP contribution < -0.4 is 15.6 Å². The summed E-state index contributed by atoms with van der Waals surface area (Å²) in [6.07, 6.45) is -0.690. The second kappa shape index (κ2) is 8.57. The van der Waals surface area contributed by atoms with Gasteiger partial charge in [0.05, 0.1) is 5.52 Å². The standard InChI is InChI=1S/C21H23ClN2O3/c1-13-7-14(2)20-15(8-13)9-16(21(26)24-20)10-23-11-18(25)12-27-19-5-3-17(22)4-6-19/h3-9,18,23,25H,10-12H2,1-2H3,(H,24,26)/t18-/m0/s1. The first kappa shape index (κ1) is 19.4. The number of aromatic amines is 1. The Balaban J connectivity index is 1.56. The predicted octanol–water partition coefficient (Wildman–Crippen LogP) is 3.33. The molecule has 0 spiro atoms. The van der Waals surface area contributed by atoms with Gasteiger partial charge in [0, 0.05) is 23.7 Å². The number of halogens is 1. The summed E-state index contributed by atoms with van der Waals surface area (Å²) in [5.74, 6) is 0.648. The van der Waals surface area contributed by atoms with E-state index in [0.717, 1.165) is 22.0 Å². The molecule has 27 heavy (non-hydrogen) atoms. The summed E-state index contributed by atoms with van der Waals surface area (Å²) in [5, 5.41) is 14.8. The van der Waals surface area contributed by atoms with Gasteiger partial charge in [0.25, 0.3) is 5.56 Å². The van der Waals surface area contributed by atoms with E-state index in [9.17, 15) is 9.90 Å². The average Bonchev–Trinajstić information content (AvgIpc) is 2.62. The summed E-state index contributed by atoms with van der Waals surface area (Å²) < 4.78 is 5.52. The molecule has 0 aliphatic rings. The molecule has 1 heterocycles. The smallest absolute Gasteiger partial charge is 0.252 e. The Kier molecular flexibility index (Phi) is 6.16. The van der Waals surface area contributed by atoms with Gasteiger partial charge in [-0.25, -0.2) is 0 Å². The van der Waals surface area contributed by atoms with Crippen molar-refractivity contribution in [3.63, 3.8) is 0 Å². The monoisotopic (exact) mass is 386 g/mol. The second-order valence-corrected chi connectivity index (χ2v) is 7.16. The zero-order chi connectivity index (χ0) is 19.4. The SMILES string of the molecule is Cc1cc(C)c2[nH]c(=O)c(CNC[C@H](O)COc3ccc(Cl)cc3)cc2c1. The van der Waals surface area contributed by atoms with E-state index in [1.165, 1.54) is 0 Å². The van der Waals surface area contributed by atoms with Gasteiger partial charge in [0.2, 0.25) is 0 Å². The number of rotatable bonds is 7. The predicted molar refractivity (Wildman–Crippen MR) is 109 cm³/mol. The summed E-state index contributed by atoms with van der Waals surface area (Å²) in [5.41, 5.74) is 3.59. The molecule has 0 unspecified atom stereocenters. The largest absolute Gasteiger partial charge is 0.491 e. The number of nitrogens with one attached hydrogen (secondary N) is 2. The van der Waals surface area contributed by atoms with E-state index in [1.54, 1.807) is 24.3 Å². The third kappa shape index (κ3) is 5.10. The van der Waals surface area contributed by atoms with Crippen molar-refractivity contribution in [2.24, 2.45) is 0 Å². The maximum Gasteiger partial charge on any atom is 0.252 e. The lowest BCUT2D eigenvalue weighted by molar-refractivity contribution is 0.106. The normalized spacial score (nSPS) is 12.3. The van der Waals surface area contributed by atoms with Crippen LogP contribution in [0.15, 0.2) is 47.3 Å². The fourth-order valence-corrected chi connectivity index (χ4v) is 3.15. The quantitative estimate of drug-likeness (QED) is 0.582. The van der Waals surface area contributed by atoms with Crippen LogP contribution in [0, 0.1) is 13.8 Å². The number of aliphatic hydroxyl groups excluding tert-OH is 1. The molecule has 0 fully saturated rings. The van der Waals surface area contributed by atoms with Gasteiger partial charge in [-0.1, -0.05) is 23.2 Å². The third-order valence-corrected chi connectivity index (χ3v) is 4.57. The Bertz CT molecular complexity index is 983. The highest BCUT2D eigenvalue weighted by atomic mass is 35.5. The van der Waals surface area contributed by atoms with E-state index < -0.39 is 6.10 Å². The number of hydrogen-bond donors (Lipinski definition) is 3. The number of aliphatic hydroxyl groups is 1. The lowest BCUT2D eigenvalue weighted by Gasteiger charge is -2.13. The zero-order valence-electron chi connectivity index (χ0n) is 15.4.